The maximum atomic E-state index is 12.4. The van der Waals surface area contributed by atoms with E-state index in [-0.39, 0.29) is 17.5 Å². The molecule has 21 heavy (non-hydrogen) atoms. The third-order valence-electron chi connectivity index (χ3n) is 3.57. The summed E-state index contributed by atoms with van der Waals surface area (Å²) >= 11 is 6.08. The van der Waals surface area contributed by atoms with E-state index in [0.29, 0.717) is 17.2 Å². The van der Waals surface area contributed by atoms with Crippen LogP contribution >= 0.6 is 11.6 Å². The van der Waals surface area contributed by atoms with Gasteiger partial charge in [-0.15, -0.1) is 0 Å². The molecule has 0 radical (unpaired) electrons. The number of methoxy groups -OCH3 is 2. The number of carbonyl (C=O) groups is 2. The highest BCUT2D eigenvalue weighted by Gasteiger charge is 2.51. The largest absolute Gasteiger partial charge is 0.495 e. The van der Waals surface area contributed by atoms with Crippen LogP contribution in [0.4, 0.5) is 5.69 Å². The molecule has 2 amide bonds. The van der Waals surface area contributed by atoms with Gasteiger partial charge in [0, 0.05) is 6.07 Å². The van der Waals surface area contributed by atoms with Gasteiger partial charge in [0.1, 0.15) is 11.5 Å². The predicted molar refractivity (Wildman–Crippen MR) is 74.1 cm³/mol. The van der Waals surface area contributed by atoms with Gasteiger partial charge in [0.15, 0.2) is 6.04 Å². The average molecular weight is 310 g/mol. The summed E-state index contributed by atoms with van der Waals surface area (Å²) in [7, 11) is 2.91. The zero-order valence-electron chi connectivity index (χ0n) is 11.4. The summed E-state index contributed by atoms with van der Waals surface area (Å²) in [6.45, 7) is 0.234. The molecule has 8 heteroatoms. The normalized spacial score (nSPS) is 23.7. The molecule has 1 saturated heterocycles. The van der Waals surface area contributed by atoms with Crippen LogP contribution in [0, 0.1) is 5.92 Å². The molecule has 0 spiro atoms. The van der Waals surface area contributed by atoms with E-state index in [4.69, 9.17) is 21.1 Å². The highest BCUT2D eigenvalue weighted by Crippen LogP contribution is 2.41. The van der Waals surface area contributed by atoms with Crippen molar-refractivity contribution in [3.05, 3.63) is 17.2 Å². The highest BCUT2D eigenvalue weighted by molar-refractivity contribution is 6.33. The van der Waals surface area contributed by atoms with Crippen LogP contribution in [0.25, 0.3) is 0 Å². The minimum absolute atomic E-state index is 0.234. The second kappa shape index (κ2) is 5.00. The maximum Gasteiger partial charge on any atom is 0.261 e. The number of rotatable bonds is 3. The zero-order chi connectivity index (χ0) is 15.1. The van der Waals surface area contributed by atoms with Crippen molar-refractivity contribution in [3.63, 3.8) is 0 Å². The SMILES string of the molecule is COc1cc(OC)c(N2C(=O)[C@H]3N=NC[C@H]3C2=O)cc1Cl. The molecule has 2 atom stereocenters. The number of hydrogen-bond donors (Lipinski definition) is 0. The van der Waals surface area contributed by atoms with Crippen LogP contribution < -0.4 is 14.4 Å². The fraction of sp³-hybridized carbons (Fsp3) is 0.385. The topological polar surface area (TPSA) is 80.6 Å². The lowest BCUT2D eigenvalue weighted by Gasteiger charge is -2.19. The molecule has 2 heterocycles. The summed E-state index contributed by atoms with van der Waals surface area (Å²) in [6.07, 6.45) is 0. The van der Waals surface area contributed by atoms with Gasteiger partial charge in [-0.2, -0.15) is 10.2 Å². The van der Waals surface area contributed by atoms with Crippen molar-refractivity contribution in [1.82, 2.24) is 0 Å². The molecule has 0 N–H and O–H groups in total. The van der Waals surface area contributed by atoms with Gasteiger partial charge in [-0.3, -0.25) is 9.59 Å². The van der Waals surface area contributed by atoms with E-state index >= 15 is 0 Å². The van der Waals surface area contributed by atoms with E-state index in [2.05, 4.69) is 10.2 Å². The van der Waals surface area contributed by atoms with Crippen LogP contribution in [-0.4, -0.2) is 38.6 Å². The standard InChI is InChI=1S/C13H12ClN3O4/c1-20-9-4-10(21-2)8(3-7(9)14)17-12(18)6-5-15-16-11(6)13(17)19/h3-4,6,11H,5H2,1-2H3/t6-,11+/m1/s1. The minimum Gasteiger partial charge on any atom is -0.495 e. The summed E-state index contributed by atoms with van der Waals surface area (Å²) in [5.41, 5.74) is 0.294. The summed E-state index contributed by atoms with van der Waals surface area (Å²) in [5.74, 6) is -0.547. The van der Waals surface area contributed by atoms with Crippen LogP contribution in [0.15, 0.2) is 22.4 Å². The molecular weight excluding hydrogens is 298 g/mol. The molecule has 1 aromatic carbocycles. The average Bonchev–Trinajstić information content (AvgIpc) is 3.04. The number of azo groups is 1. The van der Waals surface area contributed by atoms with Crippen molar-refractivity contribution in [3.8, 4) is 11.5 Å². The highest BCUT2D eigenvalue weighted by atomic mass is 35.5. The number of halogens is 1. The Morgan fingerprint density at radius 1 is 1.19 bits per heavy atom. The fourth-order valence-corrected chi connectivity index (χ4v) is 2.74. The smallest absolute Gasteiger partial charge is 0.261 e. The van der Waals surface area contributed by atoms with Crippen LogP contribution in [0.2, 0.25) is 5.02 Å². The van der Waals surface area contributed by atoms with Crippen molar-refractivity contribution < 1.29 is 19.1 Å². The zero-order valence-corrected chi connectivity index (χ0v) is 12.1. The Morgan fingerprint density at radius 3 is 2.52 bits per heavy atom. The summed E-state index contributed by atoms with van der Waals surface area (Å²) < 4.78 is 10.3. The lowest BCUT2D eigenvalue weighted by molar-refractivity contribution is -0.122. The van der Waals surface area contributed by atoms with Crippen molar-refractivity contribution in [2.45, 2.75) is 6.04 Å². The number of anilines is 1. The molecule has 0 aromatic heterocycles. The van der Waals surface area contributed by atoms with E-state index in [1.807, 2.05) is 0 Å². The van der Waals surface area contributed by atoms with E-state index in [1.165, 1.54) is 26.4 Å². The monoisotopic (exact) mass is 309 g/mol. The fourth-order valence-electron chi connectivity index (χ4n) is 2.50. The molecule has 7 nitrogen and oxygen atoms in total. The van der Waals surface area contributed by atoms with Crippen molar-refractivity contribution in [2.75, 3.05) is 25.7 Å². The van der Waals surface area contributed by atoms with Crippen LogP contribution in [0.1, 0.15) is 0 Å². The first-order valence-electron chi connectivity index (χ1n) is 6.24. The van der Waals surface area contributed by atoms with Gasteiger partial charge < -0.3 is 9.47 Å². The van der Waals surface area contributed by atoms with E-state index in [0.717, 1.165) is 4.90 Å². The Morgan fingerprint density at radius 2 is 1.90 bits per heavy atom. The summed E-state index contributed by atoms with van der Waals surface area (Å²) in [6, 6.07) is 2.28. The van der Waals surface area contributed by atoms with Crippen LogP contribution in [0.5, 0.6) is 11.5 Å². The number of imide groups is 1. The third-order valence-corrected chi connectivity index (χ3v) is 3.87. The lowest BCUT2D eigenvalue weighted by Crippen LogP contribution is -2.32. The molecule has 2 aliphatic heterocycles. The van der Waals surface area contributed by atoms with Gasteiger partial charge in [0.25, 0.3) is 5.91 Å². The molecule has 1 fully saturated rings. The van der Waals surface area contributed by atoms with Gasteiger partial charge in [0.05, 0.1) is 37.4 Å². The first-order valence-corrected chi connectivity index (χ1v) is 6.62. The van der Waals surface area contributed by atoms with Crippen molar-refractivity contribution in [1.29, 1.82) is 0 Å². The molecule has 0 saturated carbocycles. The Labute approximate surface area is 125 Å². The second-order valence-corrected chi connectivity index (χ2v) is 5.07. The second-order valence-electron chi connectivity index (χ2n) is 4.66. The van der Waals surface area contributed by atoms with Gasteiger partial charge in [0.2, 0.25) is 5.91 Å². The van der Waals surface area contributed by atoms with E-state index < -0.39 is 17.9 Å². The molecule has 1 aromatic rings. The number of amides is 2. The van der Waals surface area contributed by atoms with Gasteiger partial charge in [-0.1, -0.05) is 11.6 Å². The predicted octanol–water partition coefficient (Wildman–Crippen LogP) is 1.68. The van der Waals surface area contributed by atoms with Gasteiger partial charge in [-0.05, 0) is 6.07 Å². The maximum absolute atomic E-state index is 12.4. The first kappa shape index (κ1) is 13.8. The number of ether oxygens (including phenoxy) is 2. The molecule has 0 bridgehead atoms. The van der Waals surface area contributed by atoms with Crippen molar-refractivity contribution in [2.24, 2.45) is 16.1 Å². The molecule has 110 valence electrons. The first-order chi connectivity index (χ1) is 10.1. The third kappa shape index (κ3) is 1.96. The van der Waals surface area contributed by atoms with Crippen LogP contribution in [0.3, 0.4) is 0 Å². The summed E-state index contributed by atoms with van der Waals surface area (Å²) in [5, 5.41) is 7.88. The van der Waals surface area contributed by atoms with Gasteiger partial charge >= 0.3 is 0 Å². The number of hydrogen-bond acceptors (Lipinski definition) is 6. The Kier molecular flexibility index (Phi) is 3.29. The van der Waals surface area contributed by atoms with E-state index in [1.54, 1.807) is 0 Å². The van der Waals surface area contributed by atoms with Crippen molar-refractivity contribution >= 4 is 29.1 Å². The molecular formula is C13H12ClN3O4. The quantitative estimate of drug-likeness (QED) is 0.796. The number of nitrogens with zero attached hydrogens (tertiary/aromatic N) is 3. The Hall–Kier alpha value is -2.15. The van der Waals surface area contributed by atoms with E-state index in [9.17, 15) is 9.59 Å². The molecule has 3 rings (SSSR count). The number of carbonyl (C=O) groups excluding carboxylic acids is 2. The van der Waals surface area contributed by atoms with Crippen LogP contribution in [-0.2, 0) is 9.59 Å². The minimum atomic E-state index is -0.733. The number of benzene rings is 1. The Bertz CT molecular complexity index is 661. The number of fused-ring (bicyclic) bond motifs is 1. The molecule has 2 aliphatic rings. The molecule has 0 aliphatic carbocycles. The summed E-state index contributed by atoms with van der Waals surface area (Å²) in [4.78, 5) is 25.8. The lowest BCUT2D eigenvalue weighted by atomic mass is 10.1. The Balaban J connectivity index is 2.08. The molecule has 0 unspecified atom stereocenters. The van der Waals surface area contributed by atoms with Gasteiger partial charge in [-0.25, -0.2) is 4.90 Å².